The summed E-state index contributed by atoms with van der Waals surface area (Å²) in [5.41, 5.74) is 0.662. The van der Waals surface area contributed by atoms with Gasteiger partial charge in [0.15, 0.2) is 0 Å². The first-order valence-corrected chi connectivity index (χ1v) is 5.14. The zero-order valence-electron chi connectivity index (χ0n) is 9.49. The van der Waals surface area contributed by atoms with Gasteiger partial charge in [0.05, 0.1) is 0 Å². The Morgan fingerprint density at radius 2 is 1.71 bits per heavy atom. The predicted molar refractivity (Wildman–Crippen MR) is 56.2 cm³/mol. The van der Waals surface area contributed by atoms with E-state index in [1.54, 1.807) is 30.3 Å². The molecule has 0 aliphatic rings. The molecule has 94 valence electrons. The lowest BCUT2D eigenvalue weighted by Gasteiger charge is -2.18. The highest BCUT2D eigenvalue weighted by atomic mass is 19.4. The van der Waals surface area contributed by atoms with Crippen LogP contribution in [0.1, 0.15) is 25.5 Å². The Labute approximate surface area is 97.4 Å². The molecule has 2 unspecified atom stereocenters. The molecule has 1 rings (SSSR count). The van der Waals surface area contributed by atoms with Crippen LogP contribution in [0.3, 0.4) is 0 Å². The van der Waals surface area contributed by atoms with Crippen LogP contribution in [0.25, 0.3) is 0 Å². The number of rotatable bonds is 3. The van der Waals surface area contributed by atoms with Crippen molar-refractivity contribution in [2.75, 3.05) is 0 Å². The van der Waals surface area contributed by atoms with Crippen molar-refractivity contribution in [1.82, 2.24) is 0 Å². The molecule has 17 heavy (non-hydrogen) atoms. The van der Waals surface area contributed by atoms with E-state index in [0.29, 0.717) is 5.56 Å². The Bertz CT molecular complexity index is 373. The normalized spacial score (nSPS) is 15.1. The second-order valence-corrected chi connectivity index (χ2v) is 3.75. The van der Waals surface area contributed by atoms with Crippen molar-refractivity contribution in [3.8, 4) is 0 Å². The molecular weight excluding hydrogens is 233 g/mol. The Hall–Kier alpha value is -1.52. The summed E-state index contributed by atoms with van der Waals surface area (Å²) in [6.07, 6.45) is -5.25. The van der Waals surface area contributed by atoms with Crippen molar-refractivity contribution in [2.45, 2.75) is 26.1 Å². The van der Waals surface area contributed by atoms with Crippen LogP contribution in [-0.4, -0.2) is 12.1 Å². The van der Waals surface area contributed by atoms with E-state index in [0.717, 1.165) is 6.92 Å². The van der Waals surface area contributed by atoms with Gasteiger partial charge in [0.25, 0.3) is 0 Å². The van der Waals surface area contributed by atoms with Crippen LogP contribution in [0.2, 0.25) is 0 Å². The van der Waals surface area contributed by atoms with E-state index in [2.05, 4.69) is 0 Å². The Kier molecular flexibility index (Phi) is 4.15. The highest BCUT2D eigenvalue weighted by molar-refractivity contribution is 5.73. The number of benzene rings is 1. The maximum atomic E-state index is 12.3. The van der Waals surface area contributed by atoms with Crippen molar-refractivity contribution in [3.63, 3.8) is 0 Å². The molecular formula is C12H13F3O2. The van der Waals surface area contributed by atoms with Crippen LogP contribution >= 0.6 is 0 Å². The van der Waals surface area contributed by atoms with Crippen molar-refractivity contribution in [3.05, 3.63) is 35.9 Å². The van der Waals surface area contributed by atoms with Crippen LogP contribution < -0.4 is 0 Å². The van der Waals surface area contributed by atoms with Gasteiger partial charge < -0.3 is 4.74 Å². The lowest BCUT2D eigenvalue weighted by atomic mass is 10.1. The zero-order chi connectivity index (χ0) is 13.1. The third-order valence-corrected chi connectivity index (χ3v) is 2.41. The van der Waals surface area contributed by atoms with Gasteiger partial charge in [-0.15, -0.1) is 0 Å². The van der Waals surface area contributed by atoms with Crippen molar-refractivity contribution in [1.29, 1.82) is 0 Å². The number of carbonyl (C=O) groups excluding carboxylic acids is 1. The molecule has 0 spiro atoms. The molecule has 2 atom stereocenters. The molecule has 5 heteroatoms. The highest BCUT2D eigenvalue weighted by Gasteiger charge is 2.42. The molecule has 0 heterocycles. The minimum absolute atomic E-state index is 0.662. The fourth-order valence-electron chi connectivity index (χ4n) is 1.20. The molecule has 0 saturated heterocycles. The molecule has 0 amide bonds. The average Bonchev–Trinajstić information content (AvgIpc) is 2.27. The molecule has 0 bridgehead atoms. The van der Waals surface area contributed by atoms with Gasteiger partial charge in [-0.05, 0) is 19.4 Å². The molecule has 0 N–H and O–H groups in total. The van der Waals surface area contributed by atoms with E-state index in [-0.39, 0.29) is 0 Å². The quantitative estimate of drug-likeness (QED) is 0.763. The third kappa shape index (κ3) is 3.76. The minimum atomic E-state index is -4.56. The Morgan fingerprint density at radius 1 is 1.18 bits per heavy atom. The average molecular weight is 246 g/mol. The number of esters is 1. The van der Waals surface area contributed by atoms with E-state index in [1.165, 1.54) is 6.92 Å². The standard InChI is InChI=1S/C12H13F3O2/c1-8(12(13,14)15)11(16)17-9(2)10-6-4-3-5-7-10/h3-9H,1-2H3. The first kappa shape index (κ1) is 13.5. The van der Waals surface area contributed by atoms with Crippen molar-refractivity contribution < 1.29 is 22.7 Å². The van der Waals surface area contributed by atoms with E-state index in [9.17, 15) is 18.0 Å². The third-order valence-electron chi connectivity index (χ3n) is 2.41. The number of alkyl halides is 3. The highest BCUT2D eigenvalue weighted by Crippen LogP contribution is 2.28. The maximum absolute atomic E-state index is 12.3. The molecule has 0 fully saturated rings. The summed E-state index contributed by atoms with van der Waals surface area (Å²) >= 11 is 0. The van der Waals surface area contributed by atoms with Crippen molar-refractivity contribution >= 4 is 5.97 Å². The van der Waals surface area contributed by atoms with Crippen LogP contribution in [0.5, 0.6) is 0 Å². The smallest absolute Gasteiger partial charge is 0.401 e. The van der Waals surface area contributed by atoms with E-state index >= 15 is 0 Å². The van der Waals surface area contributed by atoms with Crippen molar-refractivity contribution in [2.24, 2.45) is 5.92 Å². The van der Waals surface area contributed by atoms with Crippen LogP contribution in [-0.2, 0) is 9.53 Å². The molecule has 1 aromatic rings. The topological polar surface area (TPSA) is 26.3 Å². The summed E-state index contributed by atoms with van der Waals surface area (Å²) in [5.74, 6) is -3.36. The second kappa shape index (κ2) is 5.21. The van der Waals surface area contributed by atoms with Gasteiger partial charge >= 0.3 is 12.1 Å². The summed E-state index contributed by atoms with van der Waals surface area (Å²) in [5, 5.41) is 0. The van der Waals surface area contributed by atoms with E-state index in [4.69, 9.17) is 4.74 Å². The van der Waals surface area contributed by atoms with Gasteiger partial charge in [-0.2, -0.15) is 13.2 Å². The minimum Gasteiger partial charge on any atom is -0.457 e. The van der Waals surface area contributed by atoms with E-state index in [1.807, 2.05) is 0 Å². The maximum Gasteiger partial charge on any atom is 0.401 e. The van der Waals surface area contributed by atoms with Crippen LogP contribution in [0.15, 0.2) is 30.3 Å². The molecule has 0 radical (unpaired) electrons. The van der Waals surface area contributed by atoms with Crippen LogP contribution in [0.4, 0.5) is 13.2 Å². The molecule has 2 nitrogen and oxygen atoms in total. The first-order chi connectivity index (χ1) is 7.82. The summed E-state index contributed by atoms with van der Waals surface area (Å²) in [6, 6.07) is 8.61. The summed E-state index contributed by atoms with van der Waals surface area (Å²) in [6.45, 7) is 2.33. The number of halogens is 3. The zero-order valence-corrected chi connectivity index (χ0v) is 9.49. The lowest BCUT2D eigenvalue weighted by Crippen LogP contribution is -2.30. The monoisotopic (exact) mass is 246 g/mol. The second-order valence-electron chi connectivity index (χ2n) is 3.75. The molecule has 0 aromatic heterocycles. The number of hydrogen-bond acceptors (Lipinski definition) is 2. The van der Waals surface area contributed by atoms with E-state index < -0.39 is 24.2 Å². The number of hydrogen-bond donors (Lipinski definition) is 0. The summed E-state index contributed by atoms with van der Waals surface area (Å²) in [7, 11) is 0. The fourth-order valence-corrected chi connectivity index (χ4v) is 1.20. The van der Waals surface area contributed by atoms with Crippen LogP contribution in [0, 0.1) is 5.92 Å². The van der Waals surface area contributed by atoms with Gasteiger partial charge in [0.1, 0.15) is 12.0 Å². The Balaban J connectivity index is 2.64. The van der Waals surface area contributed by atoms with Gasteiger partial charge in [-0.25, -0.2) is 0 Å². The molecule has 0 aliphatic heterocycles. The lowest BCUT2D eigenvalue weighted by molar-refractivity contribution is -0.197. The molecule has 0 aliphatic carbocycles. The fraction of sp³-hybridized carbons (Fsp3) is 0.417. The number of ether oxygens (including phenoxy) is 1. The summed E-state index contributed by atoms with van der Waals surface area (Å²) in [4.78, 5) is 11.2. The van der Waals surface area contributed by atoms with Gasteiger partial charge in [-0.3, -0.25) is 4.79 Å². The number of carbonyl (C=O) groups is 1. The Morgan fingerprint density at radius 3 is 2.18 bits per heavy atom. The van der Waals surface area contributed by atoms with Gasteiger partial charge in [0, 0.05) is 0 Å². The largest absolute Gasteiger partial charge is 0.457 e. The molecule has 0 saturated carbocycles. The SMILES string of the molecule is CC(OC(=O)C(C)C(F)(F)F)c1ccccc1. The summed E-state index contributed by atoms with van der Waals surface area (Å²) < 4.78 is 41.5. The van der Waals surface area contributed by atoms with Gasteiger partial charge in [-0.1, -0.05) is 30.3 Å². The molecule has 1 aromatic carbocycles. The predicted octanol–water partition coefficient (Wildman–Crippen LogP) is 3.49. The van der Waals surface area contributed by atoms with Gasteiger partial charge in [0.2, 0.25) is 0 Å². The first-order valence-electron chi connectivity index (χ1n) is 5.14.